The number of halogens is 3. The third kappa shape index (κ3) is 2.78. The molecule has 0 aromatic carbocycles. The number of hydrogen-bond donors (Lipinski definition) is 0. The summed E-state index contributed by atoms with van der Waals surface area (Å²) < 4.78 is 30.0. The van der Waals surface area contributed by atoms with Crippen molar-refractivity contribution in [1.29, 1.82) is 0 Å². The number of ether oxygens (including phenoxy) is 1. The summed E-state index contributed by atoms with van der Waals surface area (Å²) in [5.74, 6) is -2.15. The first-order valence-corrected chi connectivity index (χ1v) is 5.47. The molecule has 0 aliphatic heterocycles. The Morgan fingerprint density at radius 1 is 1.67 bits per heavy atom. The summed E-state index contributed by atoms with van der Waals surface area (Å²) in [5, 5.41) is 10.7. The highest BCUT2D eigenvalue weighted by Crippen LogP contribution is 2.34. The van der Waals surface area contributed by atoms with Crippen molar-refractivity contribution in [3.05, 3.63) is 31.9 Å². The molecular weight excluding hydrogens is 318 g/mol. The summed E-state index contributed by atoms with van der Waals surface area (Å²) in [5.41, 5.74) is -1.62. The number of carbonyl (C=O) groups is 1. The Morgan fingerprint density at radius 3 is 2.72 bits per heavy atom. The molecule has 0 atom stereocenters. The Morgan fingerprint density at radius 2 is 2.28 bits per heavy atom. The molecule has 1 aromatic rings. The molecule has 0 radical (unpaired) electrons. The van der Waals surface area contributed by atoms with E-state index in [1.54, 1.807) is 0 Å². The number of nitrogens with zero attached hydrogens (tertiary/aromatic N) is 2. The molecule has 0 aliphatic rings. The van der Waals surface area contributed by atoms with Gasteiger partial charge in [-0.1, -0.05) is 0 Å². The molecule has 6 nitrogen and oxygen atoms in total. The number of pyridine rings is 1. The molecular formula is C9H7BrF2N2O4. The van der Waals surface area contributed by atoms with Crippen molar-refractivity contribution in [3.63, 3.8) is 0 Å². The summed E-state index contributed by atoms with van der Waals surface area (Å²) in [7, 11) is 0. The van der Waals surface area contributed by atoms with Crippen molar-refractivity contribution >= 4 is 27.7 Å². The number of nitro groups is 1. The lowest BCUT2D eigenvalue weighted by atomic mass is 10.1. The van der Waals surface area contributed by atoms with Crippen molar-refractivity contribution < 1.29 is 23.2 Å². The van der Waals surface area contributed by atoms with E-state index in [1.807, 2.05) is 0 Å². The van der Waals surface area contributed by atoms with Crippen LogP contribution in [-0.4, -0.2) is 22.5 Å². The van der Waals surface area contributed by atoms with E-state index < -0.39 is 34.3 Å². The molecule has 1 heterocycles. The zero-order valence-corrected chi connectivity index (χ0v) is 10.6. The van der Waals surface area contributed by atoms with E-state index in [2.05, 4.69) is 25.7 Å². The van der Waals surface area contributed by atoms with E-state index in [1.165, 1.54) is 6.92 Å². The predicted octanol–water partition coefficient (Wildman–Crippen LogP) is 2.87. The number of carbonyl (C=O) groups excluding carboxylic acids is 1. The van der Waals surface area contributed by atoms with Crippen molar-refractivity contribution in [2.75, 3.05) is 6.61 Å². The fraction of sp³-hybridized carbons (Fsp3) is 0.333. The summed E-state index contributed by atoms with van der Waals surface area (Å²) in [6, 6.07) is 0. The quantitative estimate of drug-likeness (QED) is 0.483. The summed E-state index contributed by atoms with van der Waals surface area (Å²) in [6.45, 7) is 1.36. The molecule has 0 bridgehead atoms. The minimum atomic E-state index is -3.07. The van der Waals surface area contributed by atoms with E-state index in [0.29, 0.717) is 0 Å². The third-order valence-electron chi connectivity index (χ3n) is 1.92. The van der Waals surface area contributed by atoms with Gasteiger partial charge in [-0.05, 0) is 32.8 Å². The van der Waals surface area contributed by atoms with Crippen LogP contribution in [0.2, 0.25) is 0 Å². The van der Waals surface area contributed by atoms with Crippen LogP contribution in [0.1, 0.15) is 29.3 Å². The first kappa shape index (κ1) is 14.4. The van der Waals surface area contributed by atoms with Gasteiger partial charge in [-0.2, -0.15) is 0 Å². The average molecular weight is 325 g/mol. The van der Waals surface area contributed by atoms with Crippen LogP contribution in [0.4, 0.5) is 14.6 Å². The van der Waals surface area contributed by atoms with Crippen molar-refractivity contribution in [2.45, 2.75) is 13.3 Å². The molecule has 98 valence electrons. The standard InChI is InChI=1S/C9H7BrF2N2O4/c1-2-18-9(15)6-5(7(11)12)4(10)3-13-8(6)14(16)17/h3,7H,2H2,1H3. The maximum absolute atomic E-state index is 12.8. The smallest absolute Gasteiger partial charge is 0.378 e. The molecule has 0 saturated heterocycles. The van der Waals surface area contributed by atoms with Crippen LogP contribution in [0.25, 0.3) is 0 Å². The highest BCUT2D eigenvalue weighted by Gasteiger charge is 2.33. The van der Waals surface area contributed by atoms with Gasteiger partial charge in [-0.15, -0.1) is 0 Å². The molecule has 0 saturated carbocycles. The Labute approximate surface area is 108 Å². The number of alkyl halides is 2. The van der Waals surface area contributed by atoms with Crippen LogP contribution in [-0.2, 0) is 4.74 Å². The maximum atomic E-state index is 12.8. The summed E-state index contributed by atoms with van der Waals surface area (Å²) >= 11 is 2.78. The van der Waals surface area contributed by atoms with E-state index in [-0.39, 0.29) is 11.1 Å². The van der Waals surface area contributed by atoms with Gasteiger partial charge < -0.3 is 14.9 Å². The Kier molecular flexibility index (Phi) is 4.65. The first-order valence-electron chi connectivity index (χ1n) is 4.68. The van der Waals surface area contributed by atoms with Gasteiger partial charge in [-0.3, -0.25) is 0 Å². The number of rotatable bonds is 4. The third-order valence-corrected chi connectivity index (χ3v) is 2.55. The molecule has 18 heavy (non-hydrogen) atoms. The fourth-order valence-corrected chi connectivity index (χ4v) is 1.72. The second-order valence-corrected chi connectivity index (χ2v) is 3.85. The fourth-order valence-electron chi connectivity index (χ4n) is 1.25. The number of aromatic nitrogens is 1. The van der Waals surface area contributed by atoms with E-state index >= 15 is 0 Å². The van der Waals surface area contributed by atoms with E-state index in [0.717, 1.165) is 6.20 Å². The minimum Gasteiger partial charge on any atom is -0.462 e. The van der Waals surface area contributed by atoms with Crippen LogP contribution in [0.5, 0.6) is 0 Å². The van der Waals surface area contributed by atoms with Gasteiger partial charge in [0.05, 0.1) is 16.6 Å². The number of hydrogen-bond acceptors (Lipinski definition) is 5. The van der Waals surface area contributed by atoms with Crippen LogP contribution in [0, 0.1) is 10.1 Å². The second-order valence-electron chi connectivity index (χ2n) is 3.00. The molecule has 0 aliphatic carbocycles. The highest BCUT2D eigenvalue weighted by molar-refractivity contribution is 9.10. The lowest BCUT2D eigenvalue weighted by Gasteiger charge is -2.09. The lowest BCUT2D eigenvalue weighted by molar-refractivity contribution is -0.390. The van der Waals surface area contributed by atoms with Gasteiger partial charge in [0.2, 0.25) is 0 Å². The average Bonchev–Trinajstić information content (AvgIpc) is 2.27. The Balaban J connectivity index is 3.53. The van der Waals surface area contributed by atoms with Crippen LogP contribution in [0.15, 0.2) is 10.7 Å². The summed E-state index contributed by atoms with van der Waals surface area (Å²) in [4.78, 5) is 24.6. The molecule has 0 spiro atoms. The van der Waals surface area contributed by atoms with Gasteiger partial charge in [0.25, 0.3) is 6.43 Å². The maximum Gasteiger partial charge on any atom is 0.378 e. The largest absolute Gasteiger partial charge is 0.462 e. The minimum absolute atomic E-state index is 0.0921. The lowest BCUT2D eigenvalue weighted by Crippen LogP contribution is -2.13. The molecule has 0 unspecified atom stereocenters. The van der Waals surface area contributed by atoms with Crippen molar-refractivity contribution in [3.8, 4) is 0 Å². The number of esters is 1. The SMILES string of the molecule is CCOC(=O)c1c([N+](=O)[O-])ncc(Br)c1C(F)F. The van der Waals surface area contributed by atoms with Crippen LogP contribution >= 0.6 is 15.9 Å². The van der Waals surface area contributed by atoms with Crippen LogP contribution in [0.3, 0.4) is 0 Å². The van der Waals surface area contributed by atoms with E-state index in [4.69, 9.17) is 0 Å². The van der Waals surface area contributed by atoms with Gasteiger partial charge in [0, 0.05) is 0 Å². The molecule has 0 fully saturated rings. The van der Waals surface area contributed by atoms with Gasteiger partial charge in [0.15, 0.2) is 11.8 Å². The van der Waals surface area contributed by atoms with Crippen molar-refractivity contribution in [1.82, 2.24) is 4.98 Å². The molecule has 1 aromatic heterocycles. The molecule has 0 amide bonds. The molecule has 1 rings (SSSR count). The first-order chi connectivity index (χ1) is 8.40. The molecule has 0 N–H and O–H groups in total. The van der Waals surface area contributed by atoms with Gasteiger partial charge in [0.1, 0.15) is 0 Å². The second kappa shape index (κ2) is 5.80. The molecule has 9 heteroatoms. The van der Waals surface area contributed by atoms with E-state index in [9.17, 15) is 23.7 Å². The highest BCUT2D eigenvalue weighted by atomic mass is 79.9. The monoisotopic (exact) mass is 324 g/mol. The zero-order chi connectivity index (χ0) is 13.9. The van der Waals surface area contributed by atoms with Crippen LogP contribution < -0.4 is 0 Å². The Bertz CT molecular complexity index is 496. The van der Waals surface area contributed by atoms with Crippen molar-refractivity contribution in [2.24, 2.45) is 0 Å². The van der Waals surface area contributed by atoms with Gasteiger partial charge >= 0.3 is 11.8 Å². The normalized spacial score (nSPS) is 10.5. The summed E-state index contributed by atoms with van der Waals surface area (Å²) in [6.07, 6.45) is -2.22. The predicted molar refractivity (Wildman–Crippen MR) is 59.5 cm³/mol. The Hall–Kier alpha value is -1.64. The zero-order valence-electron chi connectivity index (χ0n) is 9.02. The van der Waals surface area contributed by atoms with Gasteiger partial charge in [-0.25, -0.2) is 13.6 Å². The topological polar surface area (TPSA) is 82.3 Å².